The van der Waals surface area contributed by atoms with Crippen molar-refractivity contribution in [1.29, 1.82) is 0 Å². The molecule has 6 nitrogen and oxygen atoms in total. The number of hydrogen-bond acceptors (Lipinski definition) is 5. The third-order valence-electron chi connectivity index (χ3n) is 3.33. The molecule has 2 aromatic rings. The van der Waals surface area contributed by atoms with Gasteiger partial charge in [-0.3, -0.25) is 0 Å². The van der Waals surface area contributed by atoms with Gasteiger partial charge in [-0.25, -0.2) is 9.97 Å². The molecule has 96 valence electrons. The van der Waals surface area contributed by atoms with Crippen molar-refractivity contribution in [1.82, 2.24) is 14.5 Å². The van der Waals surface area contributed by atoms with Crippen molar-refractivity contribution in [2.45, 2.75) is 25.2 Å². The maximum Gasteiger partial charge on any atom is 0.153 e. The number of nitrogens with zero attached hydrogens (tertiary/aromatic N) is 3. The minimum atomic E-state index is -0.0574. The number of nitrogens with one attached hydrogen (secondary N) is 1. The van der Waals surface area contributed by atoms with Crippen LogP contribution in [0.15, 0.2) is 18.6 Å². The second-order valence-corrected chi connectivity index (χ2v) is 4.40. The van der Waals surface area contributed by atoms with E-state index in [0.29, 0.717) is 0 Å². The Kier molecular flexibility index (Phi) is 2.89. The second kappa shape index (κ2) is 4.55. The van der Waals surface area contributed by atoms with E-state index in [4.69, 9.17) is 9.84 Å². The fourth-order valence-corrected chi connectivity index (χ4v) is 2.40. The number of fused-ring (bicyclic) bond motifs is 1. The molecule has 1 aliphatic heterocycles. The van der Waals surface area contributed by atoms with Gasteiger partial charge in [0.15, 0.2) is 5.82 Å². The van der Waals surface area contributed by atoms with Gasteiger partial charge in [0.05, 0.1) is 24.6 Å². The van der Waals surface area contributed by atoms with E-state index < -0.39 is 0 Å². The van der Waals surface area contributed by atoms with Crippen molar-refractivity contribution >= 4 is 16.9 Å². The molecule has 1 saturated heterocycles. The molecule has 2 atom stereocenters. The quantitative estimate of drug-likeness (QED) is 0.852. The molecule has 0 radical (unpaired) electrons. The fraction of sp³-hybridized carbons (Fsp3) is 0.500. The van der Waals surface area contributed by atoms with Crippen molar-refractivity contribution in [2.24, 2.45) is 0 Å². The summed E-state index contributed by atoms with van der Waals surface area (Å²) in [6.07, 6.45) is 5.21. The summed E-state index contributed by atoms with van der Waals surface area (Å²) in [5, 5.41) is 12.1. The first-order valence-electron chi connectivity index (χ1n) is 6.09. The number of hydrogen-bond donors (Lipinski definition) is 2. The Bertz CT molecular complexity index is 554. The van der Waals surface area contributed by atoms with Crippen LogP contribution in [0.2, 0.25) is 0 Å². The van der Waals surface area contributed by atoms with E-state index in [0.717, 1.165) is 29.7 Å². The summed E-state index contributed by atoms with van der Waals surface area (Å²) in [7, 11) is 1.83. The van der Waals surface area contributed by atoms with Crippen molar-refractivity contribution in [3.8, 4) is 0 Å². The molecule has 0 saturated carbocycles. The number of aliphatic hydroxyl groups excluding tert-OH is 1. The maximum absolute atomic E-state index is 9.11. The summed E-state index contributed by atoms with van der Waals surface area (Å²) in [5.41, 5.74) is 1.84. The Morgan fingerprint density at radius 3 is 3.11 bits per heavy atom. The molecule has 1 aliphatic rings. The van der Waals surface area contributed by atoms with Crippen molar-refractivity contribution in [2.75, 3.05) is 19.0 Å². The van der Waals surface area contributed by atoms with Gasteiger partial charge in [0.25, 0.3) is 0 Å². The van der Waals surface area contributed by atoms with Gasteiger partial charge in [0.1, 0.15) is 11.7 Å². The van der Waals surface area contributed by atoms with Crippen molar-refractivity contribution in [3.05, 3.63) is 18.6 Å². The normalized spacial score (nSPS) is 23.7. The van der Waals surface area contributed by atoms with E-state index in [-0.39, 0.29) is 18.9 Å². The van der Waals surface area contributed by atoms with Crippen LogP contribution in [0.1, 0.15) is 19.1 Å². The molecule has 0 aliphatic carbocycles. The van der Waals surface area contributed by atoms with Crippen LogP contribution in [0.3, 0.4) is 0 Å². The molecule has 3 heterocycles. The van der Waals surface area contributed by atoms with E-state index in [1.807, 2.05) is 17.7 Å². The molecule has 1 fully saturated rings. The number of pyridine rings is 1. The summed E-state index contributed by atoms with van der Waals surface area (Å²) in [4.78, 5) is 8.61. The molecule has 0 bridgehead atoms. The Morgan fingerprint density at radius 1 is 1.50 bits per heavy atom. The summed E-state index contributed by atoms with van der Waals surface area (Å²) >= 11 is 0. The summed E-state index contributed by atoms with van der Waals surface area (Å²) in [6.45, 7) is 0.0758. The van der Waals surface area contributed by atoms with Gasteiger partial charge in [0.2, 0.25) is 0 Å². The Hall–Kier alpha value is -1.66. The fourth-order valence-electron chi connectivity index (χ4n) is 2.40. The van der Waals surface area contributed by atoms with E-state index in [9.17, 15) is 0 Å². The molecule has 0 amide bonds. The molecule has 0 aromatic carbocycles. The van der Waals surface area contributed by atoms with Gasteiger partial charge in [-0.15, -0.1) is 0 Å². The van der Waals surface area contributed by atoms with Gasteiger partial charge in [0, 0.05) is 13.2 Å². The number of ether oxygens (including phenoxy) is 1. The highest BCUT2D eigenvalue weighted by molar-refractivity contribution is 5.85. The number of rotatable bonds is 3. The molecule has 0 spiro atoms. The highest BCUT2D eigenvalue weighted by Gasteiger charge is 2.27. The minimum Gasteiger partial charge on any atom is -0.394 e. The van der Waals surface area contributed by atoms with E-state index in [1.165, 1.54) is 0 Å². The average molecular weight is 248 g/mol. The zero-order chi connectivity index (χ0) is 12.5. The third kappa shape index (κ3) is 1.74. The third-order valence-corrected chi connectivity index (χ3v) is 3.33. The zero-order valence-electron chi connectivity index (χ0n) is 10.2. The van der Waals surface area contributed by atoms with Crippen LogP contribution in [0.25, 0.3) is 11.0 Å². The van der Waals surface area contributed by atoms with E-state index >= 15 is 0 Å². The standard InChI is InChI=1S/C12H16N4O2/c1-13-12-11-9(4-5-14-12)16(7-15-11)10-3-2-8(6-17)18-10/h4-5,7-8,10,17H,2-3,6H2,1H3,(H,13,14)/t8-,10-/m0/s1. The topological polar surface area (TPSA) is 72.2 Å². The van der Waals surface area contributed by atoms with Crippen LogP contribution in [0, 0.1) is 0 Å². The van der Waals surface area contributed by atoms with Gasteiger partial charge in [-0.1, -0.05) is 0 Å². The predicted octanol–water partition coefficient (Wildman–Crippen LogP) is 1.14. The first kappa shape index (κ1) is 11.4. The second-order valence-electron chi connectivity index (χ2n) is 4.40. The van der Waals surface area contributed by atoms with E-state index in [1.54, 1.807) is 12.5 Å². The highest BCUT2D eigenvalue weighted by Crippen LogP contribution is 2.31. The first-order valence-corrected chi connectivity index (χ1v) is 6.09. The van der Waals surface area contributed by atoms with Crippen molar-refractivity contribution < 1.29 is 9.84 Å². The summed E-state index contributed by atoms with van der Waals surface area (Å²) < 4.78 is 7.78. The average Bonchev–Trinajstić information content (AvgIpc) is 3.03. The first-order chi connectivity index (χ1) is 8.83. The monoisotopic (exact) mass is 248 g/mol. The molecule has 2 aromatic heterocycles. The lowest BCUT2D eigenvalue weighted by Gasteiger charge is -2.14. The number of imidazole rings is 1. The largest absolute Gasteiger partial charge is 0.394 e. The molecule has 0 unspecified atom stereocenters. The van der Waals surface area contributed by atoms with Crippen LogP contribution in [-0.2, 0) is 4.74 Å². The zero-order valence-corrected chi connectivity index (χ0v) is 10.2. The molecule has 18 heavy (non-hydrogen) atoms. The Labute approximate surface area is 105 Å². The molecular formula is C12H16N4O2. The number of aromatic nitrogens is 3. The van der Waals surface area contributed by atoms with Gasteiger partial charge in [-0.2, -0.15) is 0 Å². The summed E-state index contributed by atoms with van der Waals surface area (Å²) in [5.74, 6) is 0.767. The lowest BCUT2D eigenvalue weighted by Crippen LogP contribution is -2.13. The molecule has 2 N–H and O–H groups in total. The minimum absolute atomic E-state index is 0.0424. The Balaban J connectivity index is 1.98. The van der Waals surface area contributed by atoms with Crippen LogP contribution in [-0.4, -0.2) is 39.4 Å². The van der Waals surface area contributed by atoms with Crippen LogP contribution in [0.5, 0.6) is 0 Å². The van der Waals surface area contributed by atoms with Crippen LogP contribution >= 0.6 is 0 Å². The van der Waals surface area contributed by atoms with Crippen LogP contribution in [0.4, 0.5) is 5.82 Å². The number of anilines is 1. The number of aliphatic hydroxyl groups is 1. The maximum atomic E-state index is 9.11. The molecule has 3 rings (SSSR count). The molecule has 6 heteroatoms. The van der Waals surface area contributed by atoms with Crippen LogP contribution < -0.4 is 5.32 Å². The van der Waals surface area contributed by atoms with Crippen molar-refractivity contribution in [3.63, 3.8) is 0 Å². The highest BCUT2D eigenvalue weighted by atomic mass is 16.5. The lowest BCUT2D eigenvalue weighted by molar-refractivity contribution is -0.0204. The van der Waals surface area contributed by atoms with E-state index in [2.05, 4.69) is 15.3 Å². The SMILES string of the molecule is CNc1nccc2c1ncn2[C@@H]1CC[C@@H](CO)O1. The summed E-state index contributed by atoms with van der Waals surface area (Å²) in [6, 6.07) is 1.93. The Morgan fingerprint density at radius 2 is 2.39 bits per heavy atom. The predicted molar refractivity (Wildman–Crippen MR) is 67.3 cm³/mol. The molecular weight excluding hydrogens is 232 g/mol. The lowest BCUT2D eigenvalue weighted by atomic mass is 10.2. The van der Waals surface area contributed by atoms with Gasteiger partial charge < -0.3 is 19.7 Å². The van der Waals surface area contributed by atoms with Gasteiger partial charge in [-0.05, 0) is 18.9 Å². The smallest absolute Gasteiger partial charge is 0.153 e. The van der Waals surface area contributed by atoms with Gasteiger partial charge >= 0.3 is 0 Å².